The zero-order valence-corrected chi connectivity index (χ0v) is 10.1. The largest absolute Gasteiger partial charge is 0.391 e. The van der Waals surface area contributed by atoms with E-state index in [0.29, 0.717) is 6.54 Å². The van der Waals surface area contributed by atoms with E-state index in [1.165, 1.54) is 11.1 Å². The fraction of sp³-hybridized carbons (Fsp3) is 0.267. The Morgan fingerprint density at radius 2 is 2.00 bits per heavy atom. The lowest BCUT2D eigenvalue weighted by atomic mass is 10.1. The standard InChI is InChI=1S/C15H16N2O/c18-14-9-11-5-1-2-7-13(11)15(14)17-10-12-6-3-4-8-16-12/h1-8,14-15,17-18H,9-10H2/t14-,15+/m0/s1. The summed E-state index contributed by atoms with van der Waals surface area (Å²) >= 11 is 0. The lowest BCUT2D eigenvalue weighted by molar-refractivity contribution is 0.140. The Morgan fingerprint density at radius 3 is 2.83 bits per heavy atom. The maximum absolute atomic E-state index is 10.1. The molecule has 1 aromatic heterocycles. The second-order valence-corrected chi connectivity index (χ2v) is 4.65. The number of rotatable bonds is 3. The number of hydrogen-bond donors (Lipinski definition) is 2. The minimum Gasteiger partial charge on any atom is -0.391 e. The smallest absolute Gasteiger partial charge is 0.0775 e. The van der Waals surface area contributed by atoms with E-state index in [1.807, 2.05) is 30.3 Å². The first-order chi connectivity index (χ1) is 8.84. The van der Waals surface area contributed by atoms with Gasteiger partial charge in [0.05, 0.1) is 17.8 Å². The third-order valence-electron chi connectivity index (χ3n) is 3.43. The number of hydrogen-bond acceptors (Lipinski definition) is 3. The highest BCUT2D eigenvalue weighted by atomic mass is 16.3. The molecule has 0 saturated carbocycles. The molecule has 2 atom stereocenters. The van der Waals surface area contributed by atoms with Crippen LogP contribution in [0.1, 0.15) is 22.9 Å². The van der Waals surface area contributed by atoms with Crippen molar-refractivity contribution in [3.8, 4) is 0 Å². The van der Waals surface area contributed by atoms with Gasteiger partial charge in [-0.2, -0.15) is 0 Å². The molecule has 1 heterocycles. The number of aliphatic hydroxyl groups is 1. The molecule has 1 aromatic carbocycles. The highest BCUT2D eigenvalue weighted by Gasteiger charge is 2.29. The number of nitrogens with zero attached hydrogens (tertiary/aromatic N) is 1. The zero-order chi connectivity index (χ0) is 12.4. The van der Waals surface area contributed by atoms with Crippen molar-refractivity contribution in [2.75, 3.05) is 0 Å². The van der Waals surface area contributed by atoms with Gasteiger partial charge < -0.3 is 10.4 Å². The molecule has 0 spiro atoms. The van der Waals surface area contributed by atoms with Crippen LogP contribution in [-0.2, 0) is 13.0 Å². The number of fused-ring (bicyclic) bond motifs is 1. The van der Waals surface area contributed by atoms with Gasteiger partial charge in [-0.05, 0) is 23.3 Å². The molecule has 0 amide bonds. The molecule has 0 bridgehead atoms. The summed E-state index contributed by atoms with van der Waals surface area (Å²) in [4.78, 5) is 4.28. The predicted molar refractivity (Wildman–Crippen MR) is 70.0 cm³/mol. The van der Waals surface area contributed by atoms with Crippen molar-refractivity contribution < 1.29 is 5.11 Å². The van der Waals surface area contributed by atoms with Crippen LogP contribution < -0.4 is 5.32 Å². The lowest BCUT2D eigenvalue weighted by Gasteiger charge is -2.17. The molecule has 1 aliphatic rings. The maximum Gasteiger partial charge on any atom is 0.0775 e. The molecule has 3 rings (SSSR count). The monoisotopic (exact) mass is 240 g/mol. The van der Waals surface area contributed by atoms with Crippen LogP contribution in [0.2, 0.25) is 0 Å². The van der Waals surface area contributed by atoms with E-state index in [9.17, 15) is 5.11 Å². The summed E-state index contributed by atoms with van der Waals surface area (Å²) in [5.74, 6) is 0. The topological polar surface area (TPSA) is 45.1 Å². The summed E-state index contributed by atoms with van der Waals surface area (Å²) in [6, 6.07) is 14.1. The van der Waals surface area contributed by atoms with Crippen LogP contribution in [0.3, 0.4) is 0 Å². The van der Waals surface area contributed by atoms with Crippen molar-refractivity contribution in [3.63, 3.8) is 0 Å². The van der Waals surface area contributed by atoms with Crippen LogP contribution in [-0.4, -0.2) is 16.2 Å². The van der Waals surface area contributed by atoms with Crippen molar-refractivity contribution in [1.29, 1.82) is 0 Å². The van der Waals surface area contributed by atoms with E-state index in [4.69, 9.17) is 0 Å². The fourth-order valence-electron chi connectivity index (χ4n) is 2.54. The number of pyridine rings is 1. The van der Waals surface area contributed by atoms with Crippen LogP contribution >= 0.6 is 0 Å². The molecule has 18 heavy (non-hydrogen) atoms. The minimum atomic E-state index is -0.342. The van der Waals surface area contributed by atoms with Gasteiger partial charge in [-0.1, -0.05) is 30.3 Å². The molecule has 92 valence electrons. The highest BCUT2D eigenvalue weighted by molar-refractivity contribution is 5.36. The number of benzene rings is 1. The van der Waals surface area contributed by atoms with E-state index < -0.39 is 0 Å². The van der Waals surface area contributed by atoms with Crippen molar-refractivity contribution >= 4 is 0 Å². The molecule has 3 nitrogen and oxygen atoms in total. The number of aromatic nitrogens is 1. The first-order valence-electron chi connectivity index (χ1n) is 6.24. The summed E-state index contributed by atoms with van der Waals surface area (Å²) in [5, 5.41) is 13.5. The van der Waals surface area contributed by atoms with Crippen molar-refractivity contribution in [3.05, 3.63) is 65.5 Å². The maximum atomic E-state index is 10.1. The molecule has 0 unspecified atom stereocenters. The Morgan fingerprint density at radius 1 is 1.17 bits per heavy atom. The average molecular weight is 240 g/mol. The summed E-state index contributed by atoms with van der Waals surface area (Å²) in [6.07, 6.45) is 2.18. The Balaban J connectivity index is 1.74. The average Bonchev–Trinajstić information content (AvgIpc) is 2.73. The van der Waals surface area contributed by atoms with Gasteiger partial charge in [-0.3, -0.25) is 4.98 Å². The second kappa shape index (κ2) is 4.88. The van der Waals surface area contributed by atoms with E-state index in [2.05, 4.69) is 22.4 Å². The highest BCUT2D eigenvalue weighted by Crippen LogP contribution is 2.31. The quantitative estimate of drug-likeness (QED) is 0.860. The minimum absolute atomic E-state index is 0.0169. The molecular weight excluding hydrogens is 224 g/mol. The lowest BCUT2D eigenvalue weighted by Crippen LogP contribution is -2.28. The molecule has 1 aliphatic carbocycles. The van der Waals surface area contributed by atoms with Crippen LogP contribution in [0.25, 0.3) is 0 Å². The van der Waals surface area contributed by atoms with Crippen molar-refractivity contribution in [1.82, 2.24) is 10.3 Å². The van der Waals surface area contributed by atoms with Gasteiger partial charge >= 0.3 is 0 Å². The molecule has 3 heteroatoms. The van der Waals surface area contributed by atoms with Crippen molar-refractivity contribution in [2.24, 2.45) is 0 Å². The third-order valence-corrected chi connectivity index (χ3v) is 3.43. The third kappa shape index (κ3) is 2.15. The number of nitrogens with one attached hydrogen (secondary N) is 1. The Hall–Kier alpha value is -1.71. The van der Waals surface area contributed by atoms with Gasteiger partial charge in [0, 0.05) is 19.2 Å². The fourth-order valence-corrected chi connectivity index (χ4v) is 2.54. The summed E-state index contributed by atoms with van der Waals surface area (Å²) in [7, 11) is 0. The Kier molecular flexibility index (Phi) is 3.09. The Bertz CT molecular complexity index is 527. The molecule has 0 saturated heterocycles. The first kappa shape index (κ1) is 11.4. The first-order valence-corrected chi connectivity index (χ1v) is 6.24. The van der Waals surface area contributed by atoms with Gasteiger partial charge in [0.15, 0.2) is 0 Å². The van der Waals surface area contributed by atoms with E-state index >= 15 is 0 Å². The molecule has 0 fully saturated rings. The number of aliphatic hydroxyl groups excluding tert-OH is 1. The molecule has 0 radical (unpaired) electrons. The second-order valence-electron chi connectivity index (χ2n) is 4.65. The van der Waals surface area contributed by atoms with Crippen LogP contribution in [0.4, 0.5) is 0 Å². The van der Waals surface area contributed by atoms with E-state index in [-0.39, 0.29) is 12.1 Å². The molecule has 2 aromatic rings. The van der Waals surface area contributed by atoms with Gasteiger partial charge in [0.2, 0.25) is 0 Å². The van der Waals surface area contributed by atoms with Crippen LogP contribution in [0.5, 0.6) is 0 Å². The zero-order valence-electron chi connectivity index (χ0n) is 10.1. The summed E-state index contributed by atoms with van der Waals surface area (Å²) < 4.78 is 0. The molecular formula is C15H16N2O. The van der Waals surface area contributed by atoms with E-state index in [0.717, 1.165) is 12.1 Å². The molecule has 0 aliphatic heterocycles. The molecule has 2 N–H and O–H groups in total. The summed E-state index contributed by atoms with van der Waals surface area (Å²) in [5.41, 5.74) is 3.44. The van der Waals surface area contributed by atoms with Gasteiger partial charge in [-0.25, -0.2) is 0 Å². The van der Waals surface area contributed by atoms with Gasteiger partial charge in [0.1, 0.15) is 0 Å². The van der Waals surface area contributed by atoms with Crippen molar-refractivity contribution in [2.45, 2.75) is 25.1 Å². The van der Waals surface area contributed by atoms with Gasteiger partial charge in [-0.15, -0.1) is 0 Å². The van der Waals surface area contributed by atoms with E-state index in [1.54, 1.807) is 6.20 Å². The summed E-state index contributed by atoms with van der Waals surface area (Å²) in [6.45, 7) is 0.677. The van der Waals surface area contributed by atoms with Gasteiger partial charge in [0.25, 0.3) is 0 Å². The predicted octanol–water partition coefficient (Wildman–Crippen LogP) is 1.83. The van der Waals surface area contributed by atoms with Crippen LogP contribution in [0, 0.1) is 0 Å². The SMILES string of the molecule is O[C@H]1Cc2ccccc2[C@H]1NCc1ccccn1. The Labute approximate surface area is 107 Å². The van der Waals surface area contributed by atoms with Crippen LogP contribution in [0.15, 0.2) is 48.7 Å². The normalized spacial score (nSPS) is 21.8.